The van der Waals surface area contributed by atoms with Gasteiger partial charge < -0.3 is 0 Å². The summed E-state index contributed by atoms with van der Waals surface area (Å²) in [5, 5.41) is 8.77. The zero-order valence-corrected chi connectivity index (χ0v) is 11.1. The standard InChI is InChI=1S/C11H10NO.Y/c1-8-4-3-5-10(7-12)11(8)6-9(2)13;/h4-5H,6H2,1-2H3;/q-1;. The Kier molecular flexibility index (Phi) is 5.84. The summed E-state index contributed by atoms with van der Waals surface area (Å²) in [4.78, 5) is 10.9. The van der Waals surface area contributed by atoms with Crippen LogP contribution >= 0.6 is 0 Å². The summed E-state index contributed by atoms with van der Waals surface area (Å²) in [7, 11) is 0. The van der Waals surface area contributed by atoms with Gasteiger partial charge in [0.25, 0.3) is 0 Å². The number of rotatable bonds is 2. The predicted molar refractivity (Wildman–Crippen MR) is 49.1 cm³/mol. The first-order valence-electron chi connectivity index (χ1n) is 4.04. The number of hydrogen-bond donors (Lipinski definition) is 0. The molecule has 0 unspecified atom stereocenters. The molecule has 0 aliphatic rings. The molecule has 0 aromatic heterocycles. The van der Waals surface area contributed by atoms with E-state index in [-0.39, 0.29) is 38.5 Å². The second-order valence-corrected chi connectivity index (χ2v) is 3.02. The first-order chi connectivity index (χ1) is 6.15. The first-order valence-corrected chi connectivity index (χ1v) is 4.04. The normalized spacial score (nSPS) is 8.64. The molecular formula is C11H10NOY-. The van der Waals surface area contributed by atoms with Gasteiger partial charge in [-0.1, -0.05) is 12.5 Å². The molecule has 1 aromatic carbocycles. The van der Waals surface area contributed by atoms with E-state index in [2.05, 4.69) is 12.1 Å². The van der Waals surface area contributed by atoms with E-state index in [9.17, 15) is 4.79 Å². The van der Waals surface area contributed by atoms with Crippen LogP contribution in [0.25, 0.3) is 0 Å². The number of carbonyl (C=O) groups excluding carboxylic acids is 1. The Morgan fingerprint density at radius 3 is 2.71 bits per heavy atom. The molecule has 0 spiro atoms. The van der Waals surface area contributed by atoms with Gasteiger partial charge in [0.15, 0.2) is 0 Å². The smallest absolute Gasteiger partial charge is 0.132 e. The van der Waals surface area contributed by atoms with Gasteiger partial charge in [-0.15, -0.1) is 5.56 Å². The van der Waals surface area contributed by atoms with Gasteiger partial charge in [0.2, 0.25) is 0 Å². The van der Waals surface area contributed by atoms with E-state index < -0.39 is 0 Å². The van der Waals surface area contributed by atoms with E-state index in [1.165, 1.54) is 6.92 Å². The molecule has 0 saturated carbocycles. The minimum Gasteiger partial charge on any atom is -0.300 e. The van der Waals surface area contributed by atoms with Gasteiger partial charge >= 0.3 is 0 Å². The Balaban J connectivity index is 0.00000169. The Morgan fingerprint density at radius 2 is 2.21 bits per heavy atom. The van der Waals surface area contributed by atoms with E-state index in [1.807, 2.05) is 6.92 Å². The quantitative estimate of drug-likeness (QED) is 0.761. The van der Waals surface area contributed by atoms with E-state index in [4.69, 9.17) is 5.26 Å². The van der Waals surface area contributed by atoms with Crippen molar-refractivity contribution in [3.63, 3.8) is 0 Å². The summed E-state index contributed by atoms with van der Waals surface area (Å²) in [6.07, 6.45) is 0.337. The maximum absolute atomic E-state index is 10.9. The van der Waals surface area contributed by atoms with Crippen LogP contribution in [-0.4, -0.2) is 5.78 Å². The van der Waals surface area contributed by atoms with E-state index in [0.717, 1.165) is 11.1 Å². The molecule has 3 heteroatoms. The topological polar surface area (TPSA) is 40.9 Å². The second-order valence-electron chi connectivity index (χ2n) is 3.02. The van der Waals surface area contributed by atoms with Crippen LogP contribution in [0, 0.1) is 24.3 Å². The van der Waals surface area contributed by atoms with Crippen LogP contribution < -0.4 is 0 Å². The van der Waals surface area contributed by atoms with Crippen molar-refractivity contribution in [2.45, 2.75) is 20.3 Å². The first kappa shape index (κ1) is 13.5. The number of nitrogens with zero attached hydrogens (tertiary/aromatic N) is 1. The third-order valence-electron chi connectivity index (χ3n) is 1.87. The molecule has 14 heavy (non-hydrogen) atoms. The number of benzene rings is 1. The zero-order chi connectivity index (χ0) is 9.84. The van der Waals surface area contributed by atoms with Gasteiger partial charge in [0.05, 0.1) is 0 Å². The number of ketones is 1. The molecule has 0 N–H and O–H groups in total. The van der Waals surface area contributed by atoms with E-state index in [0.29, 0.717) is 12.0 Å². The molecular weight excluding hydrogens is 251 g/mol. The van der Waals surface area contributed by atoms with Crippen molar-refractivity contribution in [3.05, 3.63) is 34.9 Å². The summed E-state index contributed by atoms with van der Waals surface area (Å²) < 4.78 is 0. The van der Waals surface area contributed by atoms with Crippen LogP contribution in [-0.2, 0) is 43.9 Å². The van der Waals surface area contributed by atoms with Gasteiger partial charge in [-0.05, 0) is 6.92 Å². The molecule has 0 atom stereocenters. The van der Waals surface area contributed by atoms with Crippen molar-refractivity contribution in [1.82, 2.24) is 0 Å². The predicted octanol–water partition coefficient (Wildman–Crippen LogP) is 1.80. The summed E-state index contributed by atoms with van der Waals surface area (Å²) in [6, 6.07) is 8.33. The third-order valence-corrected chi connectivity index (χ3v) is 1.87. The van der Waals surface area contributed by atoms with Gasteiger partial charge in [-0.2, -0.15) is 23.8 Å². The summed E-state index contributed by atoms with van der Waals surface area (Å²) in [5.74, 6) is 0.0748. The van der Waals surface area contributed by atoms with Crippen LogP contribution in [0.1, 0.15) is 23.6 Å². The summed E-state index contributed by atoms with van der Waals surface area (Å²) >= 11 is 0. The Bertz CT molecular complexity index is 379. The molecule has 0 heterocycles. The van der Waals surface area contributed by atoms with Crippen molar-refractivity contribution in [2.24, 2.45) is 0 Å². The fraction of sp³-hybridized carbons (Fsp3) is 0.273. The second kappa shape index (κ2) is 6.06. The molecule has 0 bridgehead atoms. The molecule has 0 aliphatic heterocycles. The maximum atomic E-state index is 10.9. The molecule has 2 nitrogen and oxygen atoms in total. The Labute approximate surface area is 109 Å². The monoisotopic (exact) mass is 261 g/mol. The van der Waals surface area contributed by atoms with Crippen molar-refractivity contribution in [2.75, 3.05) is 0 Å². The third kappa shape index (κ3) is 3.32. The molecule has 0 saturated heterocycles. The van der Waals surface area contributed by atoms with Crippen molar-refractivity contribution in [3.8, 4) is 6.07 Å². The van der Waals surface area contributed by atoms with Crippen LogP contribution in [0.4, 0.5) is 0 Å². The van der Waals surface area contributed by atoms with Crippen molar-refractivity contribution < 1.29 is 37.5 Å². The fourth-order valence-electron chi connectivity index (χ4n) is 1.22. The van der Waals surface area contributed by atoms with Gasteiger partial charge in [-0.3, -0.25) is 4.79 Å². The van der Waals surface area contributed by atoms with Crippen LogP contribution in [0.5, 0.6) is 0 Å². The van der Waals surface area contributed by atoms with Crippen LogP contribution in [0.15, 0.2) is 12.1 Å². The molecule has 1 radical (unpaired) electrons. The summed E-state index contributed by atoms with van der Waals surface area (Å²) in [6.45, 7) is 3.41. The molecule has 69 valence electrons. The Hall–Kier alpha value is -0.516. The van der Waals surface area contributed by atoms with E-state index in [1.54, 1.807) is 12.1 Å². The molecule has 1 rings (SSSR count). The molecule has 0 aliphatic carbocycles. The SMILES string of the molecule is CC(=O)Cc1c(C)c[c-]cc1C#N.[Y]. The molecule has 0 fully saturated rings. The number of Topliss-reactive ketones (excluding diaryl/α,β-unsaturated/α-hetero) is 1. The average molecular weight is 261 g/mol. The number of nitriles is 1. The number of carbonyl (C=O) groups is 1. The van der Waals surface area contributed by atoms with E-state index >= 15 is 0 Å². The van der Waals surface area contributed by atoms with Gasteiger partial charge in [0.1, 0.15) is 5.78 Å². The van der Waals surface area contributed by atoms with Crippen LogP contribution in [0.2, 0.25) is 0 Å². The van der Waals surface area contributed by atoms with Crippen molar-refractivity contribution >= 4 is 5.78 Å². The molecule has 0 amide bonds. The Morgan fingerprint density at radius 1 is 1.57 bits per heavy atom. The summed E-state index contributed by atoms with van der Waals surface area (Å²) in [5.41, 5.74) is 2.33. The fourth-order valence-corrected chi connectivity index (χ4v) is 1.22. The van der Waals surface area contributed by atoms with Gasteiger partial charge in [-0.25, -0.2) is 5.26 Å². The largest absolute Gasteiger partial charge is 0.300 e. The van der Waals surface area contributed by atoms with Gasteiger partial charge in [0, 0.05) is 45.2 Å². The molecule has 1 aromatic rings. The minimum absolute atomic E-state index is 0. The minimum atomic E-state index is 0. The zero-order valence-electron chi connectivity index (χ0n) is 8.29. The number of hydrogen-bond acceptors (Lipinski definition) is 2. The maximum Gasteiger partial charge on any atom is 0.132 e. The van der Waals surface area contributed by atoms with Crippen molar-refractivity contribution in [1.29, 1.82) is 5.26 Å². The average Bonchev–Trinajstić information content (AvgIpc) is 2.08. The number of aryl methyl sites for hydroxylation is 1. The van der Waals surface area contributed by atoms with Crippen LogP contribution in [0.3, 0.4) is 0 Å².